The van der Waals surface area contributed by atoms with Crippen LogP contribution >= 0.6 is 0 Å². The molecule has 0 spiro atoms. The number of esters is 5. The Morgan fingerprint density at radius 3 is 2.14 bits per heavy atom. The molecule has 2 saturated carbocycles. The molecular formula is C79H96N6O19. The molecule has 2 bridgehead atoms. The number of aryl methyl sites for hydroxylation is 1. The molecule has 6 aliphatic rings. The Hall–Kier alpha value is -9.01. The quantitative estimate of drug-likeness (QED) is 0.0236. The first kappa shape index (κ1) is 74.7. The molecule has 5 heterocycles. The van der Waals surface area contributed by atoms with Crippen molar-refractivity contribution in [2.24, 2.45) is 22.7 Å². The molecule has 11 atom stereocenters. The second kappa shape index (κ2) is 29.1. The minimum atomic E-state index is -2.47. The van der Waals surface area contributed by atoms with Crippen LogP contribution in [0.15, 0.2) is 119 Å². The van der Waals surface area contributed by atoms with Gasteiger partial charge in [-0.2, -0.15) is 5.10 Å². The molecule has 3 aliphatic carbocycles. The normalized spacial score (nSPS) is 26.4. The lowest BCUT2D eigenvalue weighted by molar-refractivity contribution is -0.346. The summed E-state index contributed by atoms with van der Waals surface area (Å²) in [5.41, 5.74) is -6.64. The van der Waals surface area contributed by atoms with Crippen molar-refractivity contribution in [3.8, 4) is 28.6 Å². The summed E-state index contributed by atoms with van der Waals surface area (Å²) in [5, 5.41) is 67.8. The number of ketones is 1. The fraction of sp³-hybridized carbons (Fsp3) is 0.532. The number of piperidine rings is 2. The predicted octanol–water partition coefficient (Wildman–Crippen LogP) is 8.66. The summed E-state index contributed by atoms with van der Waals surface area (Å²) >= 11 is 0. The van der Waals surface area contributed by atoms with Crippen molar-refractivity contribution in [3.05, 3.63) is 142 Å². The maximum atomic E-state index is 15.5. The van der Waals surface area contributed by atoms with E-state index >= 15 is 9.59 Å². The number of phenols is 2. The molecule has 556 valence electrons. The first-order valence-corrected chi connectivity index (χ1v) is 36.2. The van der Waals surface area contributed by atoms with Gasteiger partial charge < -0.3 is 68.3 Å². The van der Waals surface area contributed by atoms with Crippen LogP contribution in [0.4, 0.5) is 0 Å². The van der Waals surface area contributed by atoms with Crippen LogP contribution in [0.2, 0.25) is 0 Å². The molecule has 3 saturated heterocycles. The Balaban J connectivity index is 0.719. The van der Waals surface area contributed by atoms with Gasteiger partial charge in [-0.25, -0.2) is 24.0 Å². The number of Topliss-reactive ketones (excluding diaryl/α,β-unsaturated/α-hetero) is 1. The number of nitrogens with one attached hydrogen (secondary N) is 1. The first-order valence-electron chi connectivity index (χ1n) is 36.2. The Morgan fingerprint density at radius 2 is 1.50 bits per heavy atom. The number of carbonyl (C=O) groups excluding carboxylic acids is 7. The van der Waals surface area contributed by atoms with Gasteiger partial charge in [0.25, 0.3) is 0 Å². The summed E-state index contributed by atoms with van der Waals surface area (Å²) in [4.78, 5) is 119. The van der Waals surface area contributed by atoms with Crippen LogP contribution in [-0.4, -0.2) is 188 Å². The molecule has 25 heteroatoms. The van der Waals surface area contributed by atoms with Crippen LogP contribution in [0.25, 0.3) is 28.0 Å². The molecule has 3 aliphatic heterocycles. The lowest BCUT2D eigenvalue weighted by atomic mass is 9.44. The van der Waals surface area contributed by atoms with Gasteiger partial charge in [0.2, 0.25) is 12.0 Å². The summed E-state index contributed by atoms with van der Waals surface area (Å²) in [7, 11) is 0. The number of amides is 1. The van der Waals surface area contributed by atoms with Crippen molar-refractivity contribution >= 4 is 52.4 Å². The van der Waals surface area contributed by atoms with Crippen LogP contribution in [0.5, 0.6) is 11.5 Å². The lowest BCUT2D eigenvalue weighted by Crippen LogP contribution is -2.81. The van der Waals surface area contributed by atoms with Crippen molar-refractivity contribution in [2.75, 3.05) is 32.8 Å². The number of likely N-dealkylation sites (tertiary alicyclic amines) is 2. The highest BCUT2D eigenvalue weighted by Crippen LogP contribution is 2.64. The Labute approximate surface area is 603 Å². The molecule has 5 fully saturated rings. The van der Waals surface area contributed by atoms with E-state index in [9.17, 15) is 54.3 Å². The number of rotatable bonds is 20. The molecule has 6 N–H and O–H groups in total. The number of aromatic amines is 1. The number of aliphatic hydroxyl groups excluding tert-OH is 2. The molecule has 25 nitrogen and oxygen atoms in total. The van der Waals surface area contributed by atoms with Crippen molar-refractivity contribution in [1.29, 1.82) is 0 Å². The molecule has 12 rings (SSSR count). The number of benzene rings is 4. The van der Waals surface area contributed by atoms with Crippen LogP contribution in [0.3, 0.4) is 0 Å². The topological polar surface area (TPSA) is 338 Å². The summed E-state index contributed by atoms with van der Waals surface area (Å²) in [6.45, 7) is 19.2. The number of carbonyl (C=O) groups is 7. The van der Waals surface area contributed by atoms with Gasteiger partial charge in [0.1, 0.15) is 47.1 Å². The smallest absolute Gasteiger partial charge is 0.348 e. The third kappa shape index (κ3) is 14.1. The molecule has 2 aromatic heterocycles. The zero-order chi connectivity index (χ0) is 74.7. The largest absolute Gasteiger partial charge is 0.508 e. The predicted molar refractivity (Wildman–Crippen MR) is 379 cm³/mol. The fourth-order valence-corrected chi connectivity index (χ4v) is 17.4. The number of nitrogens with zero attached hydrogens (tertiary/aromatic N) is 5. The summed E-state index contributed by atoms with van der Waals surface area (Å²) in [6, 6.07) is 27.1. The van der Waals surface area contributed by atoms with E-state index in [0.29, 0.717) is 41.4 Å². The Morgan fingerprint density at radius 1 is 0.817 bits per heavy atom. The van der Waals surface area contributed by atoms with E-state index in [0.717, 1.165) is 69.6 Å². The molecule has 1 amide bonds. The summed E-state index contributed by atoms with van der Waals surface area (Å²) in [6.07, 6.45) is -5.76. The molecule has 1 unspecified atom stereocenters. The zero-order valence-electron chi connectivity index (χ0n) is 60.7. The lowest BCUT2D eigenvalue weighted by Gasteiger charge is -2.67. The monoisotopic (exact) mass is 1430 g/mol. The van der Waals surface area contributed by atoms with Gasteiger partial charge in [-0.15, -0.1) is 0 Å². The highest BCUT2D eigenvalue weighted by molar-refractivity contribution is 5.94. The number of aromatic hydroxyl groups is 2. The van der Waals surface area contributed by atoms with Crippen LogP contribution < -0.4 is 5.69 Å². The SMILES string of the molecule is CC(=O)O[C@@]12CO[C@@H]1C[C@H](O)[C@@]1(C)C(=O)[C@H](O)C3=C(C)C(OC(=O)[C@H](OC(=O)CCC(=O)N4CCC(N5CCC(CCn6ccc7cc(-n8c(-c9cc(C(C)C)c(O)cc9O)n[nH]c8=O)ccc76)CC5)CC4)[C@@H](CC(=O)OC(C)(C)C)c4ccccc4)C[C@@](O)([C@@H](OC(=O)c4ccccc4)[C@H]21)C3(C)C. The zero-order valence-corrected chi connectivity index (χ0v) is 60.7. The van der Waals surface area contributed by atoms with E-state index in [1.54, 1.807) is 94.1 Å². The van der Waals surface area contributed by atoms with Crippen LogP contribution in [0, 0.1) is 22.7 Å². The van der Waals surface area contributed by atoms with Crippen LogP contribution in [0.1, 0.15) is 167 Å². The third-order valence-corrected chi connectivity index (χ3v) is 23.1. The van der Waals surface area contributed by atoms with Gasteiger partial charge >= 0.3 is 35.5 Å². The van der Waals surface area contributed by atoms with Crippen molar-refractivity contribution in [1.82, 2.24) is 29.1 Å². The van der Waals surface area contributed by atoms with E-state index in [-0.39, 0.29) is 71.3 Å². The van der Waals surface area contributed by atoms with Gasteiger partial charge in [-0.3, -0.25) is 24.0 Å². The molecule has 6 aromatic rings. The number of hydrogen-bond acceptors (Lipinski definition) is 21. The van der Waals surface area contributed by atoms with Crippen molar-refractivity contribution in [3.63, 3.8) is 0 Å². The fourth-order valence-electron chi connectivity index (χ4n) is 17.4. The van der Waals surface area contributed by atoms with Crippen LogP contribution in [-0.2, 0) is 63.7 Å². The van der Waals surface area contributed by atoms with Gasteiger partial charge in [-0.1, -0.05) is 76.2 Å². The summed E-state index contributed by atoms with van der Waals surface area (Å²) in [5.74, 6) is -8.38. The Bertz CT molecular complexity index is 4350. The molecule has 104 heavy (non-hydrogen) atoms. The van der Waals surface area contributed by atoms with Gasteiger partial charge in [0.15, 0.2) is 17.2 Å². The third-order valence-electron chi connectivity index (χ3n) is 23.1. The average molecular weight is 1430 g/mol. The van der Waals surface area contributed by atoms with E-state index in [1.807, 2.05) is 38.1 Å². The number of aliphatic hydroxyl groups is 3. The number of fused-ring (bicyclic) bond motifs is 6. The van der Waals surface area contributed by atoms with Gasteiger partial charge in [-0.05, 0) is 156 Å². The number of phenolic OH excluding ortho intramolecular Hbond substituents is 2. The molecule has 0 radical (unpaired) electrons. The molecule has 4 aromatic carbocycles. The highest BCUT2D eigenvalue weighted by Gasteiger charge is 2.78. The average Bonchev–Trinajstić information content (AvgIpc) is 0.730. The molecular weight excluding hydrogens is 1340 g/mol. The first-order chi connectivity index (χ1) is 49.2. The van der Waals surface area contributed by atoms with E-state index in [4.69, 9.17) is 28.4 Å². The minimum Gasteiger partial charge on any atom is -0.508 e. The number of H-pyrrole nitrogens is 1. The van der Waals surface area contributed by atoms with Gasteiger partial charge in [0, 0.05) is 86.4 Å². The number of aromatic nitrogens is 4. The maximum absolute atomic E-state index is 15.5. The Kier molecular flexibility index (Phi) is 20.9. The van der Waals surface area contributed by atoms with Crippen molar-refractivity contribution < 1.29 is 87.5 Å². The standard InChI is InChI=1S/C79H96N6O19/c1-44(2)53-38-55(58(88)40-57(53)87)71-80-81-74(97)85(71)52-21-22-56-50(37-52)28-34-83(56)33-27-47-25-31-82(32-26-47)51-29-35-84(36-30-51)62(90)23-24-63(91)101-67(54(48-17-13-11-14-18-48)39-64(92)104-75(5,6)7)73(96)100-59-42-79(98)70(102-72(95)49-19-15-12-16-20-49)68-77(10,69(94)66(93)65(45(59)3)76(79,8)9)60(89)41-61-78(68,43-99-61)103-46(4)86/h11-22,28,34,37-38,40,44,47,51,54,59-61,66-68,70,87-89,93,98H,23-27,29-33,35-36,39,41-43H2,1-10H3,(H,81,97)/t54-,59?,60-,61+,66+,67+,68-,70-,77+,78-,79+/m0/s1. The number of hydrogen-bond donors (Lipinski definition) is 6. The second-order valence-electron chi connectivity index (χ2n) is 31.2. The highest BCUT2D eigenvalue weighted by atomic mass is 16.6. The minimum absolute atomic E-state index is 0.0385. The van der Waals surface area contributed by atoms with E-state index < -0.39 is 137 Å². The van der Waals surface area contributed by atoms with Crippen molar-refractivity contribution in [2.45, 2.75) is 211 Å². The number of ether oxygens (including phenoxy) is 6. The maximum Gasteiger partial charge on any atom is 0.348 e. The van der Waals surface area contributed by atoms with E-state index in [1.165, 1.54) is 36.6 Å². The van der Waals surface area contributed by atoms with Gasteiger partial charge in [0.05, 0.1) is 53.7 Å². The summed E-state index contributed by atoms with van der Waals surface area (Å²) < 4.78 is 40.6. The van der Waals surface area contributed by atoms with E-state index in [2.05, 4.69) is 25.9 Å². The second-order valence-corrected chi connectivity index (χ2v) is 31.2.